The molecular weight excluding hydrogens is 182 g/mol. The van der Waals surface area contributed by atoms with Gasteiger partial charge in [0.15, 0.2) is 0 Å². The molecule has 1 aromatic carbocycles. The van der Waals surface area contributed by atoms with Crippen molar-refractivity contribution in [2.45, 2.75) is 50.0 Å². The van der Waals surface area contributed by atoms with Gasteiger partial charge in [0, 0.05) is 11.5 Å². The number of hydrogen-bond donors (Lipinski definition) is 1. The highest BCUT2D eigenvalue weighted by atomic mass is 14.8. The molecule has 0 radical (unpaired) electrons. The molecule has 0 heterocycles. The van der Waals surface area contributed by atoms with E-state index in [-0.39, 0.29) is 0 Å². The fourth-order valence-electron chi connectivity index (χ4n) is 3.24. The minimum Gasteiger partial charge on any atom is -0.327 e. The lowest BCUT2D eigenvalue weighted by atomic mass is 9.67. The molecule has 2 atom stereocenters. The van der Waals surface area contributed by atoms with Crippen molar-refractivity contribution in [1.29, 1.82) is 0 Å². The Bertz CT molecular complexity index is 408. The van der Waals surface area contributed by atoms with Crippen molar-refractivity contribution in [2.75, 3.05) is 0 Å². The smallest absolute Gasteiger partial charge is 0.0146 e. The van der Waals surface area contributed by atoms with Crippen molar-refractivity contribution in [1.82, 2.24) is 0 Å². The van der Waals surface area contributed by atoms with Crippen LogP contribution < -0.4 is 5.73 Å². The van der Waals surface area contributed by atoms with Crippen molar-refractivity contribution in [3.05, 3.63) is 35.4 Å². The Hall–Kier alpha value is -0.820. The molecule has 0 saturated heterocycles. The van der Waals surface area contributed by atoms with Gasteiger partial charge < -0.3 is 5.73 Å². The average molecular weight is 201 g/mol. The second-order valence-electron chi connectivity index (χ2n) is 5.90. The highest BCUT2D eigenvalue weighted by molar-refractivity contribution is 5.47. The van der Waals surface area contributed by atoms with Gasteiger partial charge in [-0.25, -0.2) is 0 Å². The maximum absolute atomic E-state index is 6.14. The van der Waals surface area contributed by atoms with Crippen molar-refractivity contribution in [3.63, 3.8) is 0 Å². The summed E-state index contributed by atoms with van der Waals surface area (Å²) in [5, 5.41) is 0. The van der Waals surface area contributed by atoms with Crippen LogP contribution in [0.15, 0.2) is 24.3 Å². The predicted molar refractivity (Wildman–Crippen MR) is 63.0 cm³/mol. The van der Waals surface area contributed by atoms with E-state index in [4.69, 9.17) is 5.73 Å². The average Bonchev–Trinajstić information content (AvgIpc) is 2.87. The van der Waals surface area contributed by atoms with Gasteiger partial charge in [0.2, 0.25) is 0 Å². The molecule has 1 spiro atoms. The Labute approximate surface area is 91.7 Å². The molecule has 2 N–H and O–H groups in total. The summed E-state index contributed by atoms with van der Waals surface area (Å²) in [4.78, 5) is 0. The zero-order valence-corrected chi connectivity index (χ0v) is 9.59. The summed E-state index contributed by atoms with van der Waals surface area (Å²) in [5.41, 5.74) is 9.89. The zero-order chi connectivity index (χ0) is 10.7. The lowest BCUT2D eigenvalue weighted by Gasteiger charge is -2.37. The van der Waals surface area contributed by atoms with Gasteiger partial charge in [-0.15, -0.1) is 0 Å². The SMILES string of the molecule is CC1(C)CC[C@@]2(C[C@@H]2N)c2ccccc21. The topological polar surface area (TPSA) is 26.0 Å². The molecule has 1 nitrogen and oxygen atoms in total. The summed E-state index contributed by atoms with van der Waals surface area (Å²) in [6, 6.07) is 9.32. The first-order valence-electron chi connectivity index (χ1n) is 5.92. The third kappa shape index (κ3) is 1.13. The highest BCUT2D eigenvalue weighted by Crippen LogP contribution is 2.57. The summed E-state index contributed by atoms with van der Waals surface area (Å²) in [7, 11) is 0. The zero-order valence-electron chi connectivity index (χ0n) is 9.59. The molecule has 0 aromatic heterocycles. The molecular formula is C14H19N. The number of benzene rings is 1. The van der Waals surface area contributed by atoms with Crippen molar-refractivity contribution >= 4 is 0 Å². The normalized spacial score (nSPS) is 36.3. The van der Waals surface area contributed by atoms with Crippen molar-refractivity contribution in [3.8, 4) is 0 Å². The quantitative estimate of drug-likeness (QED) is 0.686. The summed E-state index contributed by atoms with van der Waals surface area (Å²) in [6.07, 6.45) is 3.75. The first-order chi connectivity index (χ1) is 7.06. The second-order valence-corrected chi connectivity index (χ2v) is 5.90. The third-order valence-corrected chi connectivity index (χ3v) is 4.52. The van der Waals surface area contributed by atoms with E-state index in [9.17, 15) is 0 Å². The molecule has 3 rings (SSSR count). The first-order valence-corrected chi connectivity index (χ1v) is 5.92. The van der Waals surface area contributed by atoms with Gasteiger partial charge >= 0.3 is 0 Å². The molecule has 1 aromatic rings. The van der Waals surface area contributed by atoms with Gasteiger partial charge in [-0.1, -0.05) is 38.1 Å². The van der Waals surface area contributed by atoms with Gasteiger partial charge in [0.25, 0.3) is 0 Å². The van der Waals surface area contributed by atoms with E-state index < -0.39 is 0 Å². The van der Waals surface area contributed by atoms with Crippen LogP contribution in [0.4, 0.5) is 0 Å². The summed E-state index contributed by atoms with van der Waals surface area (Å²) >= 11 is 0. The lowest BCUT2D eigenvalue weighted by Crippen LogP contribution is -2.32. The summed E-state index contributed by atoms with van der Waals surface area (Å²) in [5.74, 6) is 0. The van der Waals surface area contributed by atoms with Gasteiger partial charge in [-0.05, 0) is 35.8 Å². The lowest BCUT2D eigenvalue weighted by molar-refractivity contribution is 0.377. The van der Waals surface area contributed by atoms with E-state index in [0.29, 0.717) is 16.9 Å². The van der Waals surface area contributed by atoms with Crippen LogP contribution in [0.3, 0.4) is 0 Å². The highest BCUT2D eigenvalue weighted by Gasteiger charge is 2.56. The molecule has 80 valence electrons. The Morgan fingerprint density at radius 1 is 1.13 bits per heavy atom. The molecule has 0 aliphatic heterocycles. The molecule has 2 aliphatic rings. The number of hydrogen-bond acceptors (Lipinski definition) is 1. The van der Waals surface area contributed by atoms with Crippen LogP contribution in [0.25, 0.3) is 0 Å². The van der Waals surface area contributed by atoms with Gasteiger partial charge in [0.05, 0.1) is 0 Å². The fraction of sp³-hybridized carbons (Fsp3) is 0.571. The largest absolute Gasteiger partial charge is 0.327 e. The maximum atomic E-state index is 6.14. The van der Waals surface area contributed by atoms with Crippen LogP contribution in [0.1, 0.15) is 44.2 Å². The first kappa shape index (κ1) is 9.41. The van der Waals surface area contributed by atoms with Gasteiger partial charge in [-0.3, -0.25) is 0 Å². The molecule has 1 heteroatoms. The molecule has 0 unspecified atom stereocenters. The Balaban J connectivity index is 2.17. The van der Waals surface area contributed by atoms with Crippen LogP contribution in [0.5, 0.6) is 0 Å². The van der Waals surface area contributed by atoms with Gasteiger partial charge in [-0.2, -0.15) is 0 Å². The number of fused-ring (bicyclic) bond motifs is 2. The van der Waals surface area contributed by atoms with E-state index in [1.807, 2.05) is 0 Å². The van der Waals surface area contributed by atoms with E-state index in [2.05, 4.69) is 38.1 Å². The molecule has 2 aliphatic carbocycles. The van der Waals surface area contributed by atoms with Crippen LogP contribution in [-0.4, -0.2) is 6.04 Å². The van der Waals surface area contributed by atoms with E-state index in [1.165, 1.54) is 30.4 Å². The Morgan fingerprint density at radius 3 is 2.33 bits per heavy atom. The van der Waals surface area contributed by atoms with Crippen LogP contribution in [0.2, 0.25) is 0 Å². The molecule has 0 amide bonds. The molecule has 1 fully saturated rings. The minimum atomic E-state index is 0.337. The van der Waals surface area contributed by atoms with Crippen molar-refractivity contribution in [2.24, 2.45) is 5.73 Å². The minimum absolute atomic E-state index is 0.337. The van der Waals surface area contributed by atoms with E-state index in [0.717, 1.165) is 0 Å². The Morgan fingerprint density at radius 2 is 1.73 bits per heavy atom. The molecule has 0 bridgehead atoms. The standard InChI is InChI=1S/C14H19N/c1-13(2)7-8-14(9-12(14)15)11-6-4-3-5-10(11)13/h3-6,12H,7-9,15H2,1-2H3/t12-,14+/m0/s1. The molecule has 15 heavy (non-hydrogen) atoms. The number of nitrogens with two attached hydrogens (primary N) is 1. The number of rotatable bonds is 0. The summed E-state index contributed by atoms with van der Waals surface area (Å²) < 4.78 is 0. The van der Waals surface area contributed by atoms with Crippen LogP contribution in [-0.2, 0) is 10.8 Å². The maximum Gasteiger partial charge on any atom is 0.0146 e. The monoisotopic (exact) mass is 201 g/mol. The molecule has 1 saturated carbocycles. The van der Waals surface area contributed by atoms with E-state index >= 15 is 0 Å². The third-order valence-electron chi connectivity index (χ3n) is 4.52. The predicted octanol–water partition coefficient (Wildman–Crippen LogP) is 2.73. The summed E-state index contributed by atoms with van der Waals surface area (Å²) in [6.45, 7) is 4.71. The van der Waals surface area contributed by atoms with Gasteiger partial charge in [0.1, 0.15) is 0 Å². The van der Waals surface area contributed by atoms with Crippen molar-refractivity contribution < 1.29 is 0 Å². The van der Waals surface area contributed by atoms with E-state index in [1.54, 1.807) is 0 Å². The second kappa shape index (κ2) is 2.65. The van der Waals surface area contributed by atoms with Crippen LogP contribution in [0, 0.1) is 0 Å². The van der Waals surface area contributed by atoms with Crippen LogP contribution >= 0.6 is 0 Å². The Kier molecular flexibility index (Phi) is 1.66. The fourth-order valence-corrected chi connectivity index (χ4v) is 3.24.